The van der Waals surface area contributed by atoms with Crippen LogP contribution in [0.1, 0.15) is 25.1 Å². The number of rotatable bonds is 4. The van der Waals surface area contributed by atoms with Crippen molar-refractivity contribution >= 4 is 17.2 Å². The van der Waals surface area contributed by atoms with Gasteiger partial charge in [-0.1, -0.05) is 19.9 Å². The third-order valence-corrected chi connectivity index (χ3v) is 3.39. The molecule has 80 valence electrons. The summed E-state index contributed by atoms with van der Waals surface area (Å²) in [5, 5.41) is 13.1. The summed E-state index contributed by atoms with van der Waals surface area (Å²) in [5.41, 5.74) is -0.0702. The summed E-state index contributed by atoms with van der Waals surface area (Å²) in [6, 6.07) is 5.88. The van der Waals surface area contributed by atoms with Gasteiger partial charge in [-0.05, 0) is 11.4 Å². The Balaban J connectivity index is 2.51. The molecule has 1 rings (SSSR count). The fraction of sp³-hybridized carbons (Fsp3) is 0.455. The van der Waals surface area contributed by atoms with E-state index in [2.05, 4.69) is 25.2 Å². The van der Waals surface area contributed by atoms with E-state index in [1.807, 2.05) is 17.5 Å². The van der Waals surface area contributed by atoms with Gasteiger partial charge in [0.25, 0.3) is 0 Å². The topological polar surface area (TPSA) is 52.9 Å². The predicted octanol–water partition coefficient (Wildman–Crippen LogP) is 2.06. The van der Waals surface area contributed by atoms with E-state index in [-0.39, 0.29) is 17.7 Å². The quantitative estimate of drug-likeness (QED) is 0.847. The van der Waals surface area contributed by atoms with Gasteiger partial charge in [-0.15, -0.1) is 11.3 Å². The molecule has 1 amide bonds. The Morgan fingerprint density at radius 2 is 2.40 bits per heavy atom. The van der Waals surface area contributed by atoms with Crippen LogP contribution in [0, 0.1) is 11.3 Å². The van der Waals surface area contributed by atoms with Crippen LogP contribution in [0.2, 0.25) is 0 Å². The first-order valence-corrected chi connectivity index (χ1v) is 5.62. The smallest absolute Gasteiger partial charge is 0.234 e. The molecule has 0 fully saturated rings. The van der Waals surface area contributed by atoms with E-state index in [9.17, 15) is 4.79 Å². The Hall–Kier alpha value is -1.34. The number of nitriles is 1. The van der Waals surface area contributed by atoms with E-state index in [1.54, 1.807) is 11.3 Å². The van der Waals surface area contributed by atoms with Crippen molar-refractivity contribution in [3.63, 3.8) is 0 Å². The molecule has 1 heterocycles. The molecule has 3 nitrogen and oxygen atoms in total. The van der Waals surface area contributed by atoms with Gasteiger partial charge >= 0.3 is 0 Å². The van der Waals surface area contributed by atoms with Crippen molar-refractivity contribution in [1.29, 1.82) is 5.26 Å². The van der Waals surface area contributed by atoms with Crippen LogP contribution in [-0.2, 0) is 10.2 Å². The Bertz CT molecular complexity index is 362. The Labute approximate surface area is 93.7 Å². The number of thiophene rings is 1. The molecule has 0 atom stereocenters. The second-order valence-corrected chi connectivity index (χ2v) is 4.92. The van der Waals surface area contributed by atoms with Gasteiger partial charge in [0.2, 0.25) is 5.91 Å². The van der Waals surface area contributed by atoms with E-state index in [4.69, 9.17) is 5.26 Å². The summed E-state index contributed by atoms with van der Waals surface area (Å²) in [7, 11) is 0. The summed E-state index contributed by atoms with van der Waals surface area (Å²) in [6.45, 7) is 4.71. The van der Waals surface area contributed by atoms with Crippen molar-refractivity contribution in [2.45, 2.75) is 25.7 Å². The van der Waals surface area contributed by atoms with Gasteiger partial charge in [-0.3, -0.25) is 4.79 Å². The lowest BCUT2D eigenvalue weighted by molar-refractivity contribution is -0.120. The van der Waals surface area contributed by atoms with Gasteiger partial charge in [0.05, 0.1) is 6.07 Å². The molecule has 0 saturated heterocycles. The van der Waals surface area contributed by atoms with Gasteiger partial charge in [0.15, 0.2) is 0 Å². The van der Waals surface area contributed by atoms with Crippen LogP contribution >= 0.6 is 11.3 Å². The zero-order chi connectivity index (χ0) is 11.3. The lowest BCUT2D eigenvalue weighted by Crippen LogP contribution is -2.35. The largest absolute Gasteiger partial charge is 0.354 e. The molecule has 0 aromatic carbocycles. The molecule has 15 heavy (non-hydrogen) atoms. The highest BCUT2D eigenvalue weighted by Gasteiger charge is 2.22. The molecule has 0 aliphatic carbocycles. The maximum absolute atomic E-state index is 11.1. The first kappa shape index (κ1) is 11.7. The first-order valence-electron chi connectivity index (χ1n) is 4.74. The van der Waals surface area contributed by atoms with Crippen LogP contribution in [-0.4, -0.2) is 12.5 Å². The number of nitrogens with one attached hydrogen (secondary N) is 1. The monoisotopic (exact) mass is 222 g/mol. The molecule has 0 aliphatic heterocycles. The number of carbonyl (C=O) groups excluding carboxylic acids is 1. The van der Waals surface area contributed by atoms with Crippen molar-refractivity contribution in [2.24, 2.45) is 0 Å². The number of amides is 1. The molecule has 0 spiro atoms. The predicted molar refractivity (Wildman–Crippen MR) is 60.6 cm³/mol. The van der Waals surface area contributed by atoms with Gasteiger partial charge in [-0.25, -0.2) is 0 Å². The van der Waals surface area contributed by atoms with E-state index in [0.717, 1.165) is 0 Å². The van der Waals surface area contributed by atoms with Gasteiger partial charge in [0, 0.05) is 16.8 Å². The van der Waals surface area contributed by atoms with Crippen LogP contribution in [0.5, 0.6) is 0 Å². The normalized spacial score (nSPS) is 10.7. The zero-order valence-electron chi connectivity index (χ0n) is 8.91. The molecular weight excluding hydrogens is 208 g/mol. The molecule has 0 saturated carbocycles. The van der Waals surface area contributed by atoms with Crippen LogP contribution in [0.4, 0.5) is 0 Å². The minimum atomic E-state index is -0.206. The number of nitrogens with zero attached hydrogens (tertiary/aromatic N) is 1. The van der Waals surface area contributed by atoms with Crippen LogP contribution in [0.15, 0.2) is 17.5 Å². The maximum Gasteiger partial charge on any atom is 0.234 e. The molecule has 4 heteroatoms. The van der Waals surface area contributed by atoms with E-state index in [1.165, 1.54) is 4.88 Å². The third-order valence-electron chi connectivity index (χ3n) is 2.16. The van der Waals surface area contributed by atoms with E-state index < -0.39 is 0 Å². The Kier molecular flexibility index (Phi) is 3.87. The SMILES string of the molecule is CC(C)(CNC(=O)CC#N)c1cccs1. The standard InChI is InChI=1S/C11H14N2OS/c1-11(2,9-4-3-7-15-9)8-13-10(14)5-6-12/h3-4,7H,5,8H2,1-2H3,(H,13,14). The lowest BCUT2D eigenvalue weighted by Gasteiger charge is -2.23. The number of carbonyl (C=O) groups is 1. The summed E-state index contributed by atoms with van der Waals surface area (Å²) in [5.74, 6) is -0.206. The zero-order valence-corrected chi connectivity index (χ0v) is 9.73. The minimum Gasteiger partial charge on any atom is -0.354 e. The van der Waals surface area contributed by atoms with Gasteiger partial charge in [0.1, 0.15) is 6.42 Å². The summed E-state index contributed by atoms with van der Waals surface area (Å²) in [6.07, 6.45) is -0.0689. The lowest BCUT2D eigenvalue weighted by atomic mass is 9.91. The van der Waals surface area contributed by atoms with Crippen molar-refractivity contribution in [3.8, 4) is 6.07 Å². The molecule has 1 aromatic heterocycles. The van der Waals surface area contributed by atoms with E-state index >= 15 is 0 Å². The average Bonchev–Trinajstić information content (AvgIpc) is 2.69. The fourth-order valence-corrected chi connectivity index (χ4v) is 2.06. The fourth-order valence-electron chi connectivity index (χ4n) is 1.20. The first-order chi connectivity index (χ1) is 7.06. The second kappa shape index (κ2) is 4.94. The molecule has 0 bridgehead atoms. The van der Waals surface area contributed by atoms with E-state index in [0.29, 0.717) is 6.54 Å². The second-order valence-electron chi connectivity index (χ2n) is 3.97. The highest BCUT2D eigenvalue weighted by Crippen LogP contribution is 2.26. The molecule has 0 aliphatic rings. The Morgan fingerprint density at radius 3 is 2.93 bits per heavy atom. The highest BCUT2D eigenvalue weighted by molar-refractivity contribution is 7.10. The van der Waals surface area contributed by atoms with Crippen molar-refractivity contribution < 1.29 is 4.79 Å². The summed E-state index contributed by atoms with van der Waals surface area (Å²) in [4.78, 5) is 12.4. The van der Waals surface area contributed by atoms with Crippen LogP contribution in [0.3, 0.4) is 0 Å². The number of hydrogen-bond acceptors (Lipinski definition) is 3. The Morgan fingerprint density at radius 1 is 1.67 bits per heavy atom. The number of hydrogen-bond donors (Lipinski definition) is 1. The van der Waals surface area contributed by atoms with Gasteiger partial charge < -0.3 is 5.32 Å². The van der Waals surface area contributed by atoms with Crippen LogP contribution < -0.4 is 5.32 Å². The van der Waals surface area contributed by atoms with Crippen molar-refractivity contribution in [2.75, 3.05) is 6.54 Å². The van der Waals surface area contributed by atoms with Gasteiger partial charge in [-0.2, -0.15) is 5.26 Å². The molecule has 1 aromatic rings. The van der Waals surface area contributed by atoms with Crippen LogP contribution in [0.25, 0.3) is 0 Å². The maximum atomic E-state index is 11.1. The molecule has 0 radical (unpaired) electrons. The minimum absolute atomic E-state index is 0.0689. The average molecular weight is 222 g/mol. The van der Waals surface area contributed by atoms with Crippen molar-refractivity contribution in [1.82, 2.24) is 5.32 Å². The molecule has 0 unspecified atom stereocenters. The summed E-state index contributed by atoms with van der Waals surface area (Å²) < 4.78 is 0. The molecular formula is C11H14N2OS. The van der Waals surface area contributed by atoms with Crippen molar-refractivity contribution in [3.05, 3.63) is 22.4 Å². The summed E-state index contributed by atoms with van der Waals surface area (Å²) >= 11 is 1.68. The highest BCUT2D eigenvalue weighted by atomic mass is 32.1. The third kappa shape index (κ3) is 3.37. The molecule has 1 N–H and O–H groups in total.